The summed E-state index contributed by atoms with van der Waals surface area (Å²) in [6.45, 7) is 1.80. The summed E-state index contributed by atoms with van der Waals surface area (Å²) in [4.78, 5) is 14.1. The van der Waals surface area contributed by atoms with E-state index in [1.54, 1.807) is 25.1 Å². The van der Waals surface area contributed by atoms with E-state index in [2.05, 4.69) is 4.37 Å². The fourth-order valence-electron chi connectivity index (χ4n) is 2.75. The lowest BCUT2D eigenvalue weighted by Gasteiger charge is -2.37. The van der Waals surface area contributed by atoms with E-state index in [1.807, 2.05) is 0 Å². The van der Waals surface area contributed by atoms with Crippen molar-refractivity contribution in [2.45, 2.75) is 25.6 Å². The van der Waals surface area contributed by atoms with Crippen LogP contribution in [0.4, 0.5) is 13.2 Å². The number of amides is 1. The standard InChI is InChI=1S/C15H13F3N2OS/c1-9-8-12(19-22-9)14(21)20-7-6-10-4-2-3-5-11(10)13(20)15(16,17)18/h2-5,8,13H,6-7H2,1H3. The van der Waals surface area contributed by atoms with Crippen LogP contribution in [-0.2, 0) is 6.42 Å². The number of aryl methyl sites for hydroxylation is 1. The van der Waals surface area contributed by atoms with Crippen molar-refractivity contribution in [3.05, 3.63) is 52.0 Å². The molecule has 1 aromatic carbocycles. The van der Waals surface area contributed by atoms with Crippen LogP contribution in [-0.4, -0.2) is 27.9 Å². The molecule has 22 heavy (non-hydrogen) atoms. The first-order chi connectivity index (χ1) is 10.4. The van der Waals surface area contributed by atoms with Gasteiger partial charge in [-0.3, -0.25) is 4.79 Å². The highest BCUT2D eigenvalue weighted by molar-refractivity contribution is 7.05. The van der Waals surface area contributed by atoms with Crippen molar-refractivity contribution < 1.29 is 18.0 Å². The summed E-state index contributed by atoms with van der Waals surface area (Å²) in [7, 11) is 0. The lowest BCUT2D eigenvalue weighted by atomic mass is 9.92. The molecule has 0 aliphatic carbocycles. The third kappa shape index (κ3) is 2.61. The summed E-state index contributed by atoms with van der Waals surface area (Å²) in [5, 5.41) is 0. The van der Waals surface area contributed by atoms with E-state index in [1.165, 1.54) is 12.1 Å². The Balaban J connectivity index is 2.02. The van der Waals surface area contributed by atoms with E-state index in [4.69, 9.17) is 0 Å². The SMILES string of the molecule is Cc1cc(C(=O)N2CCc3ccccc3C2C(F)(F)F)ns1. The van der Waals surface area contributed by atoms with Crippen LogP contribution in [0.15, 0.2) is 30.3 Å². The molecule has 1 unspecified atom stereocenters. The van der Waals surface area contributed by atoms with Gasteiger partial charge in [0.05, 0.1) is 0 Å². The Hall–Kier alpha value is -1.89. The van der Waals surface area contributed by atoms with Gasteiger partial charge in [0.15, 0.2) is 6.04 Å². The zero-order chi connectivity index (χ0) is 15.9. The number of aromatic nitrogens is 1. The highest BCUT2D eigenvalue weighted by atomic mass is 32.1. The maximum Gasteiger partial charge on any atom is 0.413 e. The van der Waals surface area contributed by atoms with Gasteiger partial charge in [-0.2, -0.15) is 17.5 Å². The normalized spacial score (nSPS) is 18.2. The fourth-order valence-corrected chi connectivity index (χ4v) is 3.29. The number of benzene rings is 1. The molecule has 7 heteroatoms. The van der Waals surface area contributed by atoms with Crippen LogP contribution in [0.25, 0.3) is 0 Å². The van der Waals surface area contributed by atoms with Crippen LogP contribution in [0.5, 0.6) is 0 Å². The Bertz CT molecular complexity index is 711. The molecule has 2 aromatic rings. The number of alkyl halides is 3. The first-order valence-electron chi connectivity index (χ1n) is 6.77. The Labute approximate surface area is 129 Å². The van der Waals surface area contributed by atoms with Gasteiger partial charge in [-0.15, -0.1) is 0 Å². The van der Waals surface area contributed by atoms with Crippen LogP contribution < -0.4 is 0 Å². The number of hydrogen-bond acceptors (Lipinski definition) is 3. The van der Waals surface area contributed by atoms with Crippen molar-refractivity contribution >= 4 is 17.4 Å². The van der Waals surface area contributed by atoms with Crippen LogP contribution >= 0.6 is 11.5 Å². The molecule has 3 nitrogen and oxygen atoms in total. The lowest BCUT2D eigenvalue weighted by molar-refractivity contribution is -0.181. The van der Waals surface area contributed by atoms with Crippen LogP contribution in [0.1, 0.15) is 32.5 Å². The third-order valence-corrected chi connectivity index (χ3v) is 4.40. The molecule has 0 fully saturated rings. The number of rotatable bonds is 1. The Kier molecular flexibility index (Phi) is 3.68. The number of fused-ring (bicyclic) bond motifs is 1. The maximum atomic E-state index is 13.5. The van der Waals surface area contributed by atoms with Gasteiger partial charge in [0.25, 0.3) is 5.91 Å². The summed E-state index contributed by atoms with van der Waals surface area (Å²) in [5.41, 5.74) is 0.876. The highest BCUT2D eigenvalue weighted by Gasteiger charge is 2.49. The molecule has 0 saturated carbocycles. The van der Waals surface area contributed by atoms with Crippen LogP contribution in [0.2, 0.25) is 0 Å². The molecule has 0 bridgehead atoms. The number of hydrogen-bond donors (Lipinski definition) is 0. The van der Waals surface area contributed by atoms with Gasteiger partial charge < -0.3 is 4.90 Å². The van der Waals surface area contributed by atoms with Crippen molar-refractivity contribution in [2.24, 2.45) is 0 Å². The Morgan fingerprint density at radius 1 is 1.36 bits per heavy atom. The molecule has 0 spiro atoms. The van der Waals surface area contributed by atoms with Crippen molar-refractivity contribution in [3.8, 4) is 0 Å². The summed E-state index contributed by atoms with van der Waals surface area (Å²) in [5.74, 6) is -0.666. The molecule has 1 aliphatic heterocycles. The lowest BCUT2D eigenvalue weighted by Crippen LogP contribution is -2.46. The molecule has 116 valence electrons. The van der Waals surface area contributed by atoms with Gasteiger partial charge >= 0.3 is 6.18 Å². The van der Waals surface area contributed by atoms with E-state index < -0.39 is 18.1 Å². The summed E-state index contributed by atoms with van der Waals surface area (Å²) in [6, 6.07) is 6.03. The van der Waals surface area contributed by atoms with Crippen LogP contribution in [0.3, 0.4) is 0 Å². The number of nitrogens with zero attached hydrogens (tertiary/aromatic N) is 2. The molecular weight excluding hydrogens is 313 g/mol. The first-order valence-corrected chi connectivity index (χ1v) is 7.54. The largest absolute Gasteiger partial charge is 0.413 e. The first kappa shape index (κ1) is 15.0. The van der Waals surface area contributed by atoms with E-state index in [9.17, 15) is 18.0 Å². The predicted octanol–water partition coefficient (Wildman–Crippen LogP) is 3.75. The molecule has 1 atom stereocenters. The van der Waals surface area contributed by atoms with Gasteiger partial charge in [-0.05, 0) is 42.1 Å². The second-order valence-corrected chi connectivity index (χ2v) is 6.22. The number of carbonyl (C=O) groups is 1. The minimum atomic E-state index is -4.52. The molecule has 1 aliphatic rings. The average Bonchev–Trinajstić information content (AvgIpc) is 2.90. The monoisotopic (exact) mass is 326 g/mol. The summed E-state index contributed by atoms with van der Waals surface area (Å²) >= 11 is 1.11. The van der Waals surface area contributed by atoms with Crippen LogP contribution in [0, 0.1) is 6.92 Å². The van der Waals surface area contributed by atoms with Crippen molar-refractivity contribution in [3.63, 3.8) is 0 Å². The molecule has 0 saturated heterocycles. The molecule has 3 rings (SSSR count). The smallest absolute Gasteiger partial charge is 0.321 e. The van der Waals surface area contributed by atoms with E-state index in [0.717, 1.165) is 21.3 Å². The molecule has 2 heterocycles. The van der Waals surface area contributed by atoms with Gasteiger partial charge in [0.1, 0.15) is 5.69 Å². The zero-order valence-corrected chi connectivity index (χ0v) is 12.5. The highest BCUT2D eigenvalue weighted by Crippen LogP contribution is 2.42. The van der Waals surface area contributed by atoms with Gasteiger partial charge in [-0.25, -0.2) is 0 Å². The topological polar surface area (TPSA) is 33.2 Å². The summed E-state index contributed by atoms with van der Waals surface area (Å²) in [6.07, 6.45) is -4.10. The summed E-state index contributed by atoms with van der Waals surface area (Å²) < 4.78 is 44.6. The number of halogens is 3. The molecule has 1 amide bonds. The predicted molar refractivity (Wildman–Crippen MR) is 76.8 cm³/mol. The van der Waals surface area contributed by atoms with Gasteiger partial charge in [-0.1, -0.05) is 24.3 Å². The minimum absolute atomic E-state index is 0.0383. The minimum Gasteiger partial charge on any atom is -0.321 e. The quantitative estimate of drug-likeness (QED) is 0.799. The number of carbonyl (C=O) groups excluding carboxylic acids is 1. The van der Waals surface area contributed by atoms with Crippen molar-refractivity contribution in [2.75, 3.05) is 6.54 Å². The molecule has 0 N–H and O–H groups in total. The second kappa shape index (κ2) is 5.39. The van der Waals surface area contributed by atoms with E-state index in [0.29, 0.717) is 12.0 Å². The van der Waals surface area contributed by atoms with Crippen molar-refractivity contribution in [1.82, 2.24) is 9.27 Å². The molecular formula is C15H13F3N2OS. The third-order valence-electron chi connectivity index (χ3n) is 3.70. The van der Waals surface area contributed by atoms with E-state index in [-0.39, 0.29) is 17.8 Å². The molecule has 1 aromatic heterocycles. The Morgan fingerprint density at radius 2 is 2.09 bits per heavy atom. The Morgan fingerprint density at radius 3 is 2.73 bits per heavy atom. The van der Waals surface area contributed by atoms with Crippen molar-refractivity contribution in [1.29, 1.82) is 0 Å². The van der Waals surface area contributed by atoms with E-state index >= 15 is 0 Å². The van der Waals surface area contributed by atoms with Gasteiger partial charge in [0.2, 0.25) is 0 Å². The second-order valence-electron chi connectivity index (χ2n) is 5.21. The maximum absolute atomic E-state index is 13.5. The fraction of sp³-hybridized carbons (Fsp3) is 0.333. The zero-order valence-electron chi connectivity index (χ0n) is 11.7. The molecule has 0 radical (unpaired) electrons. The average molecular weight is 326 g/mol. The van der Waals surface area contributed by atoms with Gasteiger partial charge in [0, 0.05) is 11.4 Å².